The van der Waals surface area contributed by atoms with E-state index in [4.69, 9.17) is 13.5 Å². The quantitative estimate of drug-likeness (QED) is 0.216. The van der Waals surface area contributed by atoms with Crippen LogP contribution in [0.15, 0.2) is 112 Å². The third-order valence-corrected chi connectivity index (χ3v) is 8.57. The first kappa shape index (κ1) is 25.6. The van der Waals surface area contributed by atoms with Gasteiger partial charge in [-0.15, -0.1) is 0 Å². The van der Waals surface area contributed by atoms with Gasteiger partial charge in [-0.2, -0.15) is 0 Å². The minimum atomic E-state index is -1.01. The molecule has 0 aliphatic heterocycles. The molecule has 41 heavy (non-hydrogen) atoms. The summed E-state index contributed by atoms with van der Waals surface area (Å²) < 4.78 is 19.3. The van der Waals surface area contributed by atoms with Crippen molar-refractivity contribution in [1.82, 2.24) is 0 Å². The summed E-state index contributed by atoms with van der Waals surface area (Å²) in [4.78, 5) is 0. The van der Waals surface area contributed by atoms with Crippen LogP contribution in [0, 0.1) is 0 Å². The molecule has 202 valence electrons. The van der Waals surface area contributed by atoms with Crippen molar-refractivity contribution < 1.29 is 18.6 Å². The highest BCUT2D eigenvalue weighted by atomic mass is 16.5. The molecule has 0 amide bonds. The second-order valence-electron chi connectivity index (χ2n) is 11.8. The molecule has 4 nitrogen and oxygen atoms in total. The Morgan fingerprint density at radius 1 is 0.610 bits per heavy atom. The van der Waals surface area contributed by atoms with Gasteiger partial charge in [0.15, 0.2) is 0 Å². The summed E-state index contributed by atoms with van der Waals surface area (Å²) in [5, 5.41) is 14.9. The Morgan fingerprint density at radius 3 is 2.15 bits per heavy atom. The number of aliphatic hydroxyl groups is 1. The molecule has 0 atom stereocenters. The van der Waals surface area contributed by atoms with E-state index in [9.17, 15) is 5.11 Å². The second kappa shape index (κ2) is 9.37. The van der Waals surface area contributed by atoms with Gasteiger partial charge < -0.3 is 18.6 Å². The Hall–Kier alpha value is -4.32. The maximum absolute atomic E-state index is 10.7. The zero-order chi connectivity index (χ0) is 28.4. The Morgan fingerprint density at radius 2 is 1.34 bits per heavy atom. The van der Waals surface area contributed by atoms with Gasteiger partial charge in [0.25, 0.3) is 0 Å². The van der Waals surface area contributed by atoms with Crippen LogP contribution < -0.4 is 5.46 Å². The Balaban J connectivity index is 1.49. The van der Waals surface area contributed by atoms with E-state index >= 15 is 0 Å². The fourth-order valence-electron chi connectivity index (χ4n) is 5.53. The van der Waals surface area contributed by atoms with Gasteiger partial charge in [0.2, 0.25) is 0 Å². The van der Waals surface area contributed by atoms with E-state index in [1.54, 1.807) is 13.8 Å². The van der Waals surface area contributed by atoms with Crippen LogP contribution in [-0.2, 0) is 4.65 Å². The fourth-order valence-corrected chi connectivity index (χ4v) is 5.53. The van der Waals surface area contributed by atoms with Crippen LogP contribution in [0.5, 0.6) is 0 Å². The molecule has 0 saturated heterocycles. The molecule has 0 saturated carbocycles. The van der Waals surface area contributed by atoms with E-state index in [0.29, 0.717) is 7.48 Å². The first-order chi connectivity index (χ1) is 19.7. The molecule has 5 aromatic carbocycles. The Kier molecular flexibility index (Phi) is 5.86. The van der Waals surface area contributed by atoms with E-state index in [1.165, 1.54) is 0 Å². The van der Waals surface area contributed by atoms with Crippen LogP contribution in [0.4, 0.5) is 0 Å². The predicted octanol–water partition coefficient (Wildman–Crippen LogP) is 8.36. The van der Waals surface area contributed by atoms with Crippen molar-refractivity contribution >= 4 is 56.8 Å². The van der Waals surface area contributed by atoms with Crippen LogP contribution in [-0.4, -0.2) is 23.8 Å². The van der Waals surface area contributed by atoms with E-state index in [2.05, 4.69) is 66.7 Å². The van der Waals surface area contributed by atoms with Crippen LogP contribution in [0.3, 0.4) is 0 Å². The van der Waals surface area contributed by atoms with Crippen molar-refractivity contribution in [2.75, 3.05) is 0 Å². The van der Waals surface area contributed by atoms with Crippen molar-refractivity contribution in [2.45, 2.75) is 38.9 Å². The molecular weight excluding hydrogens is 507 g/mol. The van der Waals surface area contributed by atoms with Crippen molar-refractivity contribution in [2.24, 2.45) is 0 Å². The van der Waals surface area contributed by atoms with Crippen molar-refractivity contribution in [3.05, 3.63) is 103 Å². The van der Waals surface area contributed by atoms with Crippen molar-refractivity contribution in [1.29, 1.82) is 0 Å². The molecule has 0 fully saturated rings. The lowest BCUT2D eigenvalue weighted by molar-refractivity contribution is -0.0893. The standard InChI is InChI=1S/C36H31BO4/c1-35(2,38)36(3,4)41-37-28-19-18-25(24-14-10-16-31-32(24)26-13-8-9-15-29(26)39-31)34-33(28)27-21-23(17-20-30(27)40-34)22-11-6-5-7-12-22/h5-21,37-38H,1-4H3. The molecule has 0 bridgehead atoms. The molecule has 0 spiro atoms. The summed E-state index contributed by atoms with van der Waals surface area (Å²) >= 11 is 0. The van der Waals surface area contributed by atoms with Crippen LogP contribution >= 0.6 is 0 Å². The number of hydrogen-bond acceptors (Lipinski definition) is 4. The summed E-state index contributed by atoms with van der Waals surface area (Å²) in [5.74, 6) is 0. The minimum absolute atomic E-state index is 0.330. The summed E-state index contributed by atoms with van der Waals surface area (Å²) in [6.07, 6.45) is 0. The number of para-hydroxylation sites is 1. The largest absolute Gasteiger partial charge is 0.456 e. The minimum Gasteiger partial charge on any atom is -0.456 e. The lowest BCUT2D eigenvalue weighted by Gasteiger charge is -2.37. The fraction of sp³-hybridized carbons (Fsp3) is 0.167. The topological polar surface area (TPSA) is 55.7 Å². The lowest BCUT2D eigenvalue weighted by atomic mass is 9.79. The van der Waals surface area contributed by atoms with E-state index in [-0.39, 0.29) is 0 Å². The van der Waals surface area contributed by atoms with E-state index < -0.39 is 11.2 Å². The highest BCUT2D eigenvalue weighted by molar-refractivity contribution is 6.53. The zero-order valence-corrected chi connectivity index (χ0v) is 23.7. The first-order valence-electron chi connectivity index (χ1n) is 14.0. The van der Waals surface area contributed by atoms with Gasteiger partial charge in [-0.3, -0.25) is 0 Å². The summed E-state index contributed by atoms with van der Waals surface area (Å²) in [5.41, 5.74) is 6.91. The van der Waals surface area contributed by atoms with Crippen molar-refractivity contribution in [3.63, 3.8) is 0 Å². The monoisotopic (exact) mass is 538 g/mol. The van der Waals surface area contributed by atoms with Gasteiger partial charge >= 0.3 is 7.48 Å². The predicted molar refractivity (Wildman–Crippen MR) is 170 cm³/mol. The average Bonchev–Trinajstić information content (AvgIpc) is 3.54. The van der Waals surface area contributed by atoms with Gasteiger partial charge in [-0.25, -0.2) is 0 Å². The SMILES string of the molecule is CC(C)(O)C(C)(C)OBc1ccc(-c2cccc3oc4ccccc4c23)c2oc3ccc(-c4ccccc4)cc3c12. The number of rotatable bonds is 6. The molecule has 2 heterocycles. The maximum atomic E-state index is 10.7. The van der Waals surface area contributed by atoms with Crippen LogP contribution in [0.25, 0.3) is 66.1 Å². The van der Waals surface area contributed by atoms with Gasteiger partial charge in [-0.05, 0) is 74.1 Å². The smallest absolute Gasteiger partial charge is 0.310 e. The Bertz CT molecular complexity index is 2060. The third-order valence-electron chi connectivity index (χ3n) is 8.57. The molecule has 5 heteroatoms. The van der Waals surface area contributed by atoms with Gasteiger partial charge in [0.05, 0.1) is 11.2 Å². The first-order valence-corrected chi connectivity index (χ1v) is 14.0. The van der Waals surface area contributed by atoms with Gasteiger partial charge in [0.1, 0.15) is 22.3 Å². The molecule has 2 aromatic heterocycles. The molecule has 7 rings (SSSR count). The molecular formula is C36H31BO4. The zero-order valence-electron chi connectivity index (χ0n) is 23.7. The number of furan rings is 2. The van der Waals surface area contributed by atoms with Crippen molar-refractivity contribution in [3.8, 4) is 22.3 Å². The lowest BCUT2D eigenvalue weighted by Crippen LogP contribution is -2.49. The molecule has 7 aromatic rings. The molecule has 0 aliphatic rings. The molecule has 1 N–H and O–H groups in total. The second-order valence-corrected chi connectivity index (χ2v) is 11.8. The number of hydrogen-bond donors (Lipinski definition) is 1. The number of benzene rings is 5. The van der Waals surface area contributed by atoms with E-state index in [1.807, 2.05) is 50.2 Å². The summed E-state index contributed by atoms with van der Waals surface area (Å²) in [6.45, 7) is 7.40. The van der Waals surface area contributed by atoms with Gasteiger partial charge in [0, 0.05) is 27.1 Å². The van der Waals surface area contributed by atoms with E-state index in [0.717, 1.165) is 71.6 Å². The molecule has 0 radical (unpaired) electrons. The van der Waals surface area contributed by atoms with Crippen LogP contribution in [0.2, 0.25) is 0 Å². The summed E-state index contributed by atoms with van der Waals surface area (Å²) in [7, 11) is 0.330. The normalized spacial score (nSPS) is 12.6. The average molecular weight is 538 g/mol. The highest BCUT2D eigenvalue weighted by Gasteiger charge is 2.36. The number of fused-ring (bicyclic) bond motifs is 6. The maximum Gasteiger partial charge on any atom is 0.310 e. The Labute approximate surface area is 239 Å². The van der Waals surface area contributed by atoms with Gasteiger partial charge in [-0.1, -0.05) is 78.9 Å². The summed E-state index contributed by atoms with van der Waals surface area (Å²) in [6, 6.07) is 35.3. The van der Waals surface area contributed by atoms with Crippen LogP contribution in [0.1, 0.15) is 27.7 Å². The molecule has 0 aliphatic carbocycles. The molecule has 0 unspecified atom stereocenters. The third kappa shape index (κ3) is 4.24. The highest BCUT2D eigenvalue weighted by Crippen LogP contribution is 2.42.